The topological polar surface area (TPSA) is 73.7 Å². The van der Waals surface area contributed by atoms with Crippen LogP contribution in [0.1, 0.15) is 40.9 Å². The first-order valence-electron chi connectivity index (χ1n) is 10.6. The van der Waals surface area contributed by atoms with E-state index in [2.05, 4.69) is 23.2 Å². The molecule has 2 aromatic rings. The molecular formula is C24H25N3O3. The van der Waals surface area contributed by atoms with Crippen molar-refractivity contribution in [3.63, 3.8) is 0 Å². The number of aromatic nitrogens is 1. The van der Waals surface area contributed by atoms with Gasteiger partial charge >= 0.3 is 0 Å². The lowest BCUT2D eigenvalue weighted by molar-refractivity contribution is -0.143. The Balaban J connectivity index is 1.24. The fraction of sp³-hybridized carbons (Fsp3) is 0.375. The number of amides is 2. The largest absolute Gasteiger partial charge is 0.380 e. The lowest BCUT2D eigenvalue weighted by atomic mass is 9.98. The number of allylic oxidation sites excluding steroid dienone is 1. The van der Waals surface area contributed by atoms with Gasteiger partial charge in [-0.2, -0.15) is 0 Å². The van der Waals surface area contributed by atoms with Gasteiger partial charge in [0.15, 0.2) is 0 Å². The second kappa shape index (κ2) is 7.36. The van der Waals surface area contributed by atoms with E-state index in [-0.39, 0.29) is 11.8 Å². The number of carbonyl (C=O) groups is 2. The highest BCUT2D eigenvalue weighted by Gasteiger charge is 2.50. The minimum Gasteiger partial charge on any atom is -0.380 e. The number of benzene rings is 1. The number of nitrogens with zero attached hydrogens (tertiary/aromatic N) is 3. The van der Waals surface area contributed by atoms with Crippen molar-refractivity contribution in [3.05, 3.63) is 59.4 Å². The molecule has 1 aromatic carbocycles. The Morgan fingerprint density at radius 3 is 2.37 bits per heavy atom. The van der Waals surface area contributed by atoms with Gasteiger partial charge in [-0.15, -0.1) is 0 Å². The molecule has 1 saturated heterocycles. The molecule has 0 atom stereocenters. The molecule has 0 bridgehead atoms. The fourth-order valence-corrected chi connectivity index (χ4v) is 4.18. The summed E-state index contributed by atoms with van der Waals surface area (Å²) in [6.07, 6.45) is 9.32. The SMILES string of the molecule is O=C(c1ccc(-c2cnc3c(c2)C=CCC3)cc1)N1CCN(C(=O)C2(O)CC2)CC1. The molecule has 5 rings (SSSR count). The Morgan fingerprint density at radius 2 is 1.67 bits per heavy atom. The Labute approximate surface area is 175 Å². The van der Waals surface area contributed by atoms with Gasteiger partial charge in [-0.3, -0.25) is 14.6 Å². The number of rotatable bonds is 3. The first-order chi connectivity index (χ1) is 14.5. The Kier molecular flexibility index (Phi) is 4.66. The number of fused-ring (bicyclic) bond motifs is 1. The molecule has 1 saturated carbocycles. The van der Waals surface area contributed by atoms with Gasteiger partial charge in [-0.1, -0.05) is 24.3 Å². The molecule has 2 heterocycles. The molecule has 2 amide bonds. The molecule has 30 heavy (non-hydrogen) atoms. The Bertz CT molecular complexity index is 1020. The van der Waals surface area contributed by atoms with Crippen LogP contribution in [0.3, 0.4) is 0 Å². The van der Waals surface area contributed by atoms with E-state index < -0.39 is 5.60 Å². The number of aryl methyl sites for hydroxylation is 1. The van der Waals surface area contributed by atoms with Gasteiger partial charge < -0.3 is 14.9 Å². The van der Waals surface area contributed by atoms with Gasteiger partial charge in [0.05, 0.1) is 0 Å². The summed E-state index contributed by atoms with van der Waals surface area (Å²) in [6, 6.07) is 9.80. The predicted molar refractivity (Wildman–Crippen MR) is 114 cm³/mol. The highest BCUT2D eigenvalue weighted by atomic mass is 16.3. The maximum atomic E-state index is 12.9. The molecular weight excluding hydrogens is 378 g/mol. The van der Waals surface area contributed by atoms with Crippen molar-refractivity contribution in [1.82, 2.24) is 14.8 Å². The summed E-state index contributed by atoms with van der Waals surface area (Å²) in [7, 11) is 0. The first kappa shape index (κ1) is 19.0. The summed E-state index contributed by atoms with van der Waals surface area (Å²) >= 11 is 0. The van der Waals surface area contributed by atoms with Crippen LogP contribution >= 0.6 is 0 Å². The zero-order valence-electron chi connectivity index (χ0n) is 16.9. The number of hydrogen-bond donors (Lipinski definition) is 1. The van der Waals surface area contributed by atoms with Crippen molar-refractivity contribution in [1.29, 1.82) is 0 Å². The van der Waals surface area contributed by atoms with Crippen molar-refractivity contribution in [3.8, 4) is 11.1 Å². The van der Waals surface area contributed by atoms with Crippen LogP contribution in [-0.2, 0) is 11.2 Å². The van der Waals surface area contributed by atoms with Crippen LogP contribution in [0, 0.1) is 0 Å². The molecule has 3 aliphatic rings. The van der Waals surface area contributed by atoms with Crippen LogP contribution in [-0.4, -0.2) is 63.5 Å². The van der Waals surface area contributed by atoms with Crippen LogP contribution in [0.25, 0.3) is 17.2 Å². The van der Waals surface area contributed by atoms with E-state index in [0.717, 1.165) is 29.7 Å². The maximum absolute atomic E-state index is 12.9. The van der Waals surface area contributed by atoms with Gasteiger partial charge in [0.25, 0.3) is 11.8 Å². The number of aliphatic hydroxyl groups is 1. The van der Waals surface area contributed by atoms with Gasteiger partial charge in [0.1, 0.15) is 5.60 Å². The zero-order valence-corrected chi connectivity index (χ0v) is 16.9. The number of carbonyl (C=O) groups excluding carboxylic acids is 2. The first-order valence-corrected chi connectivity index (χ1v) is 10.6. The third-order valence-corrected chi connectivity index (χ3v) is 6.29. The second-order valence-corrected chi connectivity index (χ2v) is 8.39. The molecule has 1 aromatic heterocycles. The van der Waals surface area contributed by atoms with E-state index in [0.29, 0.717) is 44.6 Å². The second-order valence-electron chi connectivity index (χ2n) is 8.39. The van der Waals surface area contributed by atoms with E-state index in [1.807, 2.05) is 30.5 Å². The molecule has 2 aliphatic carbocycles. The van der Waals surface area contributed by atoms with Crippen molar-refractivity contribution >= 4 is 17.9 Å². The molecule has 1 N–H and O–H groups in total. The Hall–Kier alpha value is -2.99. The third-order valence-electron chi connectivity index (χ3n) is 6.29. The molecule has 1 aliphatic heterocycles. The molecule has 6 heteroatoms. The maximum Gasteiger partial charge on any atom is 0.254 e. The number of hydrogen-bond acceptors (Lipinski definition) is 4. The number of pyridine rings is 1. The summed E-state index contributed by atoms with van der Waals surface area (Å²) in [5, 5.41) is 10.0. The standard InChI is InChI=1S/C24H25N3O3/c28-22(26-11-13-27(14-12-26)23(29)24(30)9-10-24)18-7-5-17(6-8-18)20-15-19-3-1-2-4-21(19)25-16-20/h1,3,5-8,15-16,30H,2,4,9-14H2. The van der Waals surface area contributed by atoms with Crippen molar-refractivity contribution in [2.75, 3.05) is 26.2 Å². The highest BCUT2D eigenvalue weighted by Crippen LogP contribution is 2.37. The lowest BCUT2D eigenvalue weighted by Gasteiger charge is -2.35. The fourth-order valence-electron chi connectivity index (χ4n) is 4.18. The molecule has 6 nitrogen and oxygen atoms in total. The summed E-state index contributed by atoms with van der Waals surface area (Å²) < 4.78 is 0. The Morgan fingerprint density at radius 1 is 0.967 bits per heavy atom. The van der Waals surface area contributed by atoms with Crippen molar-refractivity contribution in [2.24, 2.45) is 0 Å². The number of piperazine rings is 1. The zero-order chi connectivity index (χ0) is 20.7. The molecule has 0 unspecified atom stereocenters. The van der Waals surface area contributed by atoms with Gasteiger partial charge in [-0.25, -0.2) is 0 Å². The van der Waals surface area contributed by atoms with E-state index in [1.54, 1.807) is 9.80 Å². The molecule has 2 fully saturated rings. The quantitative estimate of drug-likeness (QED) is 0.855. The van der Waals surface area contributed by atoms with Crippen LogP contribution in [0.2, 0.25) is 0 Å². The van der Waals surface area contributed by atoms with Crippen LogP contribution in [0.5, 0.6) is 0 Å². The van der Waals surface area contributed by atoms with Crippen molar-refractivity contribution < 1.29 is 14.7 Å². The summed E-state index contributed by atoms with van der Waals surface area (Å²) in [4.78, 5) is 33.2. The summed E-state index contributed by atoms with van der Waals surface area (Å²) in [5.41, 5.74) is 3.90. The minimum absolute atomic E-state index is 0.0229. The van der Waals surface area contributed by atoms with Crippen LogP contribution in [0.15, 0.2) is 42.6 Å². The van der Waals surface area contributed by atoms with Gasteiger partial charge in [0, 0.05) is 49.2 Å². The smallest absolute Gasteiger partial charge is 0.254 e. The minimum atomic E-state index is -1.14. The molecule has 0 radical (unpaired) electrons. The van der Waals surface area contributed by atoms with E-state index in [4.69, 9.17) is 0 Å². The van der Waals surface area contributed by atoms with Crippen LogP contribution in [0.4, 0.5) is 0 Å². The predicted octanol–water partition coefficient (Wildman–Crippen LogP) is 2.52. The summed E-state index contributed by atoms with van der Waals surface area (Å²) in [5.74, 6) is -0.210. The van der Waals surface area contributed by atoms with E-state index in [1.165, 1.54) is 5.56 Å². The van der Waals surface area contributed by atoms with Gasteiger partial charge in [0.2, 0.25) is 0 Å². The van der Waals surface area contributed by atoms with E-state index in [9.17, 15) is 14.7 Å². The lowest BCUT2D eigenvalue weighted by Crippen LogP contribution is -2.53. The van der Waals surface area contributed by atoms with Crippen molar-refractivity contribution in [2.45, 2.75) is 31.3 Å². The van der Waals surface area contributed by atoms with Gasteiger partial charge in [-0.05, 0) is 55.0 Å². The van der Waals surface area contributed by atoms with E-state index >= 15 is 0 Å². The average molecular weight is 403 g/mol. The highest BCUT2D eigenvalue weighted by molar-refractivity contribution is 5.95. The summed E-state index contributed by atoms with van der Waals surface area (Å²) in [6.45, 7) is 1.92. The normalized spacial score (nSPS) is 19.4. The average Bonchev–Trinajstić information content (AvgIpc) is 3.56. The monoisotopic (exact) mass is 403 g/mol. The van der Waals surface area contributed by atoms with Crippen LogP contribution < -0.4 is 0 Å². The molecule has 0 spiro atoms. The third kappa shape index (κ3) is 3.52. The molecule has 154 valence electrons.